The van der Waals surface area contributed by atoms with Crippen LogP contribution in [0.1, 0.15) is 13.8 Å². The lowest BCUT2D eigenvalue weighted by Gasteiger charge is -1.69. The van der Waals surface area contributed by atoms with E-state index >= 15 is 0 Å². The zero-order valence-electron chi connectivity index (χ0n) is 16.6. The standard InChI is InChI=1S/C3H6O.C2H6O2S.C2H6OS.C2H6O.C2H6S2.C2H6S/c1-3(2)4;1-5(2,3)4;1-4(2)3;1-3-2;1-3-4-2;1-3-2/h1-2H3;1-2H3;1-2H3;1-2H3;1-2H3;1-2H3. The number of methoxy groups -OCH3 is 1. The third-order valence-corrected chi connectivity index (χ3v) is 1.50. The molecule has 0 aromatic carbocycles. The fourth-order valence-corrected chi connectivity index (χ4v) is 0. The predicted octanol–water partition coefficient (Wildman–Crippen LogP) is 3.12. The first-order valence-electron chi connectivity index (χ1n) is 5.95. The van der Waals surface area contributed by atoms with Crippen molar-refractivity contribution < 1.29 is 22.2 Å². The first-order chi connectivity index (χ1) is 10.2. The summed E-state index contributed by atoms with van der Waals surface area (Å²) in [5.41, 5.74) is 0. The van der Waals surface area contributed by atoms with Crippen LogP contribution in [0.2, 0.25) is 0 Å². The van der Waals surface area contributed by atoms with E-state index in [2.05, 4.69) is 17.2 Å². The monoisotopic (exact) mass is 432 g/mol. The van der Waals surface area contributed by atoms with Crippen molar-refractivity contribution in [2.45, 2.75) is 13.8 Å². The molecule has 0 saturated carbocycles. The van der Waals surface area contributed by atoms with Gasteiger partial charge in [-0.1, -0.05) is 21.6 Å². The summed E-state index contributed by atoms with van der Waals surface area (Å²) in [7, 11) is 3.52. The van der Waals surface area contributed by atoms with Crippen LogP contribution in [-0.2, 0) is 30.2 Å². The Kier molecular flexibility index (Phi) is 65.1. The number of ketones is 1. The summed E-state index contributed by atoms with van der Waals surface area (Å²) in [4.78, 5) is 9.44. The van der Waals surface area contributed by atoms with Crippen LogP contribution in [0.4, 0.5) is 0 Å². The number of ether oxygens (including phenoxy) is 1. The number of hydrogen-bond acceptors (Lipinski definition) is 8. The molecule has 5 nitrogen and oxygen atoms in total. The molecule has 10 heteroatoms. The Labute approximate surface area is 159 Å². The smallest absolute Gasteiger partial charge is 0.144 e. The van der Waals surface area contributed by atoms with Gasteiger partial charge in [0.25, 0.3) is 0 Å². The second-order valence-electron chi connectivity index (χ2n) is 3.94. The molecule has 23 heavy (non-hydrogen) atoms. The second-order valence-corrected chi connectivity index (χ2v) is 11.2. The van der Waals surface area contributed by atoms with Gasteiger partial charge in [-0.2, -0.15) is 11.8 Å². The Morgan fingerprint density at radius 3 is 0.957 bits per heavy atom. The van der Waals surface area contributed by atoms with Crippen molar-refractivity contribution in [3.05, 3.63) is 0 Å². The highest BCUT2D eigenvalue weighted by atomic mass is 33.1. The van der Waals surface area contributed by atoms with Gasteiger partial charge < -0.3 is 9.53 Å². The molecule has 0 radical (unpaired) electrons. The van der Waals surface area contributed by atoms with Gasteiger partial charge >= 0.3 is 0 Å². The summed E-state index contributed by atoms with van der Waals surface area (Å²) in [6.07, 6.45) is 13.8. The summed E-state index contributed by atoms with van der Waals surface area (Å²) in [5, 5.41) is 0. The van der Waals surface area contributed by atoms with Crippen LogP contribution in [0, 0.1) is 0 Å². The zero-order valence-corrected chi connectivity index (χ0v) is 20.7. The third kappa shape index (κ3) is 3100. The van der Waals surface area contributed by atoms with Crippen molar-refractivity contribution >= 4 is 59.8 Å². The quantitative estimate of drug-likeness (QED) is 0.585. The van der Waals surface area contributed by atoms with Crippen molar-refractivity contribution in [2.75, 3.05) is 64.3 Å². The van der Waals surface area contributed by atoms with Gasteiger partial charge in [-0.3, -0.25) is 4.21 Å². The Balaban J connectivity index is -0.0000000381. The Morgan fingerprint density at radius 1 is 0.913 bits per heavy atom. The minimum Gasteiger partial charge on any atom is -0.388 e. The summed E-state index contributed by atoms with van der Waals surface area (Å²) in [6, 6.07) is 0. The van der Waals surface area contributed by atoms with Crippen molar-refractivity contribution in [3.8, 4) is 0 Å². The van der Waals surface area contributed by atoms with Crippen LogP contribution in [0.25, 0.3) is 0 Å². The first kappa shape index (κ1) is 39.0. The maximum atomic E-state index is 9.63. The number of hydrogen-bond donors (Lipinski definition) is 0. The van der Waals surface area contributed by atoms with Crippen LogP contribution in [0.3, 0.4) is 0 Å². The number of rotatable bonds is 1. The minimum atomic E-state index is -2.67. The molecule has 0 aromatic rings. The highest BCUT2D eigenvalue weighted by molar-refractivity contribution is 8.76. The van der Waals surface area contributed by atoms with Gasteiger partial charge in [0, 0.05) is 50.0 Å². The molecule has 0 bridgehead atoms. The summed E-state index contributed by atoms with van der Waals surface area (Å²) in [5.74, 6) is 0.167. The molecule has 0 aliphatic rings. The molecular formula is C13H36O5S5. The number of thioether (sulfide) groups is 1. The third-order valence-electron chi connectivity index (χ3n) is 0.167. The molecule has 0 saturated heterocycles. The SMILES string of the molecule is CC(C)=O.COC.CS(C)(=O)=O.CS(C)=O.CSC.CSSC. The van der Waals surface area contributed by atoms with E-state index in [1.165, 1.54) is 13.8 Å². The van der Waals surface area contributed by atoms with Gasteiger partial charge in [-0.05, 0) is 38.9 Å². The van der Waals surface area contributed by atoms with Crippen LogP contribution in [0.5, 0.6) is 0 Å². The first-order valence-corrected chi connectivity index (χ1v) is 14.8. The predicted molar refractivity (Wildman–Crippen MR) is 117 cm³/mol. The molecular weight excluding hydrogens is 396 g/mol. The lowest BCUT2D eigenvalue weighted by Crippen LogP contribution is -1.86. The molecule has 0 N–H and O–H groups in total. The van der Waals surface area contributed by atoms with Crippen molar-refractivity contribution in [3.63, 3.8) is 0 Å². The average molecular weight is 433 g/mol. The molecule has 148 valence electrons. The van der Waals surface area contributed by atoms with E-state index in [0.717, 1.165) is 12.5 Å². The van der Waals surface area contributed by atoms with E-state index in [1.807, 2.05) is 12.5 Å². The molecule has 0 aliphatic heterocycles. The molecule has 0 amide bonds. The van der Waals surface area contributed by atoms with Crippen LogP contribution in [-0.4, -0.2) is 82.7 Å². The van der Waals surface area contributed by atoms with E-state index in [0.29, 0.717) is 0 Å². The summed E-state index contributed by atoms with van der Waals surface area (Å²) in [6.45, 7) is 3.06. The maximum absolute atomic E-state index is 9.63. The molecule has 0 heterocycles. The van der Waals surface area contributed by atoms with E-state index in [4.69, 9.17) is 0 Å². The maximum Gasteiger partial charge on any atom is 0.144 e. The van der Waals surface area contributed by atoms with Crippen LogP contribution in [0.15, 0.2) is 0 Å². The number of carbonyl (C=O) groups excluding carboxylic acids is 1. The molecule has 0 spiro atoms. The minimum absolute atomic E-state index is 0.167. The van der Waals surface area contributed by atoms with Crippen LogP contribution < -0.4 is 0 Å². The van der Waals surface area contributed by atoms with Crippen molar-refractivity contribution in [1.29, 1.82) is 0 Å². The molecule has 0 unspecified atom stereocenters. The van der Waals surface area contributed by atoms with Gasteiger partial charge in [0.05, 0.1) is 0 Å². The number of sulfone groups is 1. The fraction of sp³-hybridized carbons (Fsp3) is 0.923. The van der Waals surface area contributed by atoms with Gasteiger partial charge in [-0.25, -0.2) is 8.42 Å². The highest BCUT2D eigenvalue weighted by Crippen LogP contribution is 2.09. The molecule has 0 aromatic heterocycles. The summed E-state index contributed by atoms with van der Waals surface area (Å²) < 4.78 is 33.1. The molecule has 0 atom stereocenters. The highest BCUT2D eigenvalue weighted by Gasteiger charge is 1.79. The van der Waals surface area contributed by atoms with Crippen molar-refractivity contribution in [2.24, 2.45) is 0 Å². The average Bonchev–Trinajstić information content (AvgIpc) is 2.26. The second kappa shape index (κ2) is 38.4. The lowest BCUT2D eigenvalue weighted by molar-refractivity contribution is -0.114. The molecule has 0 aliphatic carbocycles. The zero-order chi connectivity index (χ0) is 20.5. The normalized spacial score (nSPS) is 8.04. The topological polar surface area (TPSA) is 77.5 Å². The Hall–Kier alpha value is 0.780. The van der Waals surface area contributed by atoms with E-state index in [-0.39, 0.29) is 5.78 Å². The number of carbonyl (C=O) groups is 1. The Bertz CT molecular complexity index is 274. The van der Waals surface area contributed by atoms with Gasteiger partial charge in [0.2, 0.25) is 0 Å². The van der Waals surface area contributed by atoms with E-state index in [9.17, 15) is 17.4 Å². The van der Waals surface area contributed by atoms with E-state index in [1.54, 1.807) is 60.1 Å². The Morgan fingerprint density at radius 2 is 0.957 bits per heavy atom. The van der Waals surface area contributed by atoms with Crippen LogP contribution >= 0.6 is 33.3 Å². The largest absolute Gasteiger partial charge is 0.388 e. The van der Waals surface area contributed by atoms with Gasteiger partial charge in [0.15, 0.2) is 0 Å². The van der Waals surface area contributed by atoms with Gasteiger partial charge in [0.1, 0.15) is 15.6 Å². The molecule has 0 rings (SSSR count). The number of Topliss-reactive ketones (excluding diaryl/α,β-unsaturated/α-hetero) is 1. The molecule has 0 fully saturated rings. The van der Waals surface area contributed by atoms with Crippen molar-refractivity contribution in [1.82, 2.24) is 0 Å². The van der Waals surface area contributed by atoms with E-state index < -0.39 is 20.6 Å². The summed E-state index contributed by atoms with van der Waals surface area (Å²) >= 11 is 1.75. The van der Waals surface area contributed by atoms with Gasteiger partial charge in [-0.15, -0.1) is 0 Å². The lowest BCUT2D eigenvalue weighted by atomic mass is 10.6. The fourth-order valence-electron chi connectivity index (χ4n) is 0.